The number of hydrogen-bond donors (Lipinski definition) is 1. The van der Waals surface area contributed by atoms with Gasteiger partial charge in [-0.2, -0.15) is 11.8 Å². The van der Waals surface area contributed by atoms with E-state index in [0.717, 1.165) is 37.4 Å². The fourth-order valence-electron chi connectivity index (χ4n) is 1.92. The van der Waals surface area contributed by atoms with Gasteiger partial charge in [0.1, 0.15) is 6.04 Å². The maximum atomic E-state index is 11.0. The summed E-state index contributed by atoms with van der Waals surface area (Å²) >= 11 is 1.93. The third-order valence-corrected chi connectivity index (χ3v) is 3.70. The molecule has 1 heterocycles. The minimum absolute atomic E-state index is 0.180. The molecular formula is C9H15NO2S. The number of carboxylic acid groups (broad SMARTS) is 1. The first-order chi connectivity index (χ1) is 6.29. The highest BCUT2D eigenvalue weighted by Crippen LogP contribution is 2.36. The Morgan fingerprint density at radius 1 is 1.38 bits per heavy atom. The molecule has 1 saturated carbocycles. The summed E-state index contributed by atoms with van der Waals surface area (Å²) in [6.45, 7) is 1.91. The molecule has 1 atom stereocenters. The van der Waals surface area contributed by atoms with Crippen molar-refractivity contribution in [3.63, 3.8) is 0 Å². The molecule has 0 aromatic rings. The van der Waals surface area contributed by atoms with Crippen molar-refractivity contribution >= 4 is 17.7 Å². The molecule has 4 heteroatoms. The lowest BCUT2D eigenvalue weighted by Crippen LogP contribution is -2.46. The first-order valence-corrected chi connectivity index (χ1v) is 5.99. The molecule has 0 bridgehead atoms. The molecule has 0 radical (unpaired) electrons. The van der Waals surface area contributed by atoms with Gasteiger partial charge in [0.2, 0.25) is 0 Å². The van der Waals surface area contributed by atoms with Crippen LogP contribution >= 0.6 is 11.8 Å². The molecule has 0 amide bonds. The Bertz CT molecular complexity index is 200. The van der Waals surface area contributed by atoms with Crippen LogP contribution in [-0.2, 0) is 4.79 Å². The van der Waals surface area contributed by atoms with Gasteiger partial charge in [0.15, 0.2) is 0 Å². The maximum Gasteiger partial charge on any atom is 0.321 e. The molecule has 3 nitrogen and oxygen atoms in total. The van der Waals surface area contributed by atoms with Crippen molar-refractivity contribution < 1.29 is 9.90 Å². The van der Waals surface area contributed by atoms with Crippen molar-refractivity contribution in [1.29, 1.82) is 0 Å². The quantitative estimate of drug-likeness (QED) is 0.736. The molecule has 13 heavy (non-hydrogen) atoms. The van der Waals surface area contributed by atoms with Crippen LogP contribution in [0.2, 0.25) is 0 Å². The molecule has 2 rings (SSSR count). The van der Waals surface area contributed by atoms with Crippen LogP contribution in [0.1, 0.15) is 12.8 Å². The summed E-state index contributed by atoms with van der Waals surface area (Å²) in [5, 5.41) is 9.09. The standard InChI is InChI=1S/C9H15NO2S/c11-9(12)8(7-1-2-7)10-3-5-13-6-4-10/h7-8H,1-6H2,(H,11,12). The largest absolute Gasteiger partial charge is 0.480 e. The zero-order valence-electron chi connectivity index (χ0n) is 7.61. The van der Waals surface area contributed by atoms with Crippen LogP contribution in [0.3, 0.4) is 0 Å². The van der Waals surface area contributed by atoms with Gasteiger partial charge in [0.05, 0.1) is 0 Å². The van der Waals surface area contributed by atoms with E-state index in [1.165, 1.54) is 0 Å². The van der Waals surface area contributed by atoms with Crippen LogP contribution in [0.25, 0.3) is 0 Å². The Morgan fingerprint density at radius 2 is 2.00 bits per heavy atom. The molecule has 0 aromatic carbocycles. The molecule has 1 aliphatic heterocycles. The molecule has 1 saturated heterocycles. The number of thioether (sulfide) groups is 1. The molecule has 2 fully saturated rings. The number of carboxylic acids is 1. The van der Waals surface area contributed by atoms with Gasteiger partial charge in [-0.1, -0.05) is 0 Å². The number of rotatable bonds is 3. The van der Waals surface area contributed by atoms with E-state index in [9.17, 15) is 4.79 Å². The molecule has 0 spiro atoms. The fraction of sp³-hybridized carbons (Fsp3) is 0.889. The molecule has 0 aromatic heterocycles. The predicted octanol–water partition coefficient (Wildman–Crippen LogP) is 0.898. The summed E-state index contributed by atoms with van der Waals surface area (Å²) in [6, 6.07) is -0.180. The van der Waals surface area contributed by atoms with Gasteiger partial charge in [-0.05, 0) is 18.8 Å². The van der Waals surface area contributed by atoms with Gasteiger partial charge in [0, 0.05) is 24.6 Å². The van der Waals surface area contributed by atoms with Crippen LogP contribution in [0, 0.1) is 5.92 Å². The average Bonchev–Trinajstić information content (AvgIpc) is 2.90. The minimum atomic E-state index is -0.616. The fourth-order valence-corrected chi connectivity index (χ4v) is 2.85. The van der Waals surface area contributed by atoms with E-state index in [0.29, 0.717) is 5.92 Å². The molecule has 2 aliphatic rings. The van der Waals surface area contributed by atoms with Crippen LogP contribution in [0.15, 0.2) is 0 Å². The van der Waals surface area contributed by atoms with Crippen molar-refractivity contribution in [2.75, 3.05) is 24.6 Å². The van der Waals surface area contributed by atoms with Crippen LogP contribution < -0.4 is 0 Å². The normalized spacial score (nSPS) is 27.1. The third kappa shape index (κ3) is 2.17. The van der Waals surface area contributed by atoms with Gasteiger partial charge >= 0.3 is 5.97 Å². The summed E-state index contributed by atoms with van der Waals surface area (Å²) in [4.78, 5) is 13.2. The second kappa shape index (κ2) is 3.88. The van der Waals surface area contributed by atoms with Gasteiger partial charge in [0.25, 0.3) is 0 Å². The maximum absolute atomic E-state index is 11.0. The summed E-state index contributed by atoms with van der Waals surface area (Å²) in [5.41, 5.74) is 0. The van der Waals surface area contributed by atoms with E-state index >= 15 is 0 Å². The van der Waals surface area contributed by atoms with E-state index in [-0.39, 0.29) is 6.04 Å². The van der Waals surface area contributed by atoms with E-state index in [1.807, 2.05) is 11.8 Å². The molecular weight excluding hydrogens is 186 g/mol. The van der Waals surface area contributed by atoms with Crippen molar-refractivity contribution in [2.45, 2.75) is 18.9 Å². The number of nitrogens with zero attached hydrogens (tertiary/aromatic N) is 1. The number of aliphatic carboxylic acids is 1. The Morgan fingerprint density at radius 3 is 2.46 bits per heavy atom. The lowest BCUT2D eigenvalue weighted by atomic mass is 10.1. The molecule has 1 N–H and O–H groups in total. The van der Waals surface area contributed by atoms with Crippen molar-refractivity contribution in [2.24, 2.45) is 5.92 Å². The SMILES string of the molecule is O=C(O)C(C1CC1)N1CCSCC1. The van der Waals surface area contributed by atoms with Crippen molar-refractivity contribution in [1.82, 2.24) is 4.90 Å². The Labute approximate surface area is 82.5 Å². The first-order valence-electron chi connectivity index (χ1n) is 4.83. The molecule has 1 unspecified atom stereocenters. The van der Waals surface area contributed by atoms with Crippen molar-refractivity contribution in [3.8, 4) is 0 Å². The summed E-state index contributed by atoms with van der Waals surface area (Å²) in [5.74, 6) is 2.02. The van der Waals surface area contributed by atoms with Gasteiger partial charge in [-0.15, -0.1) is 0 Å². The highest BCUT2D eigenvalue weighted by atomic mass is 32.2. The zero-order valence-corrected chi connectivity index (χ0v) is 8.42. The van der Waals surface area contributed by atoms with Gasteiger partial charge in [-0.3, -0.25) is 9.69 Å². The highest BCUT2D eigenvalue weighted by molar-refractivity contribution is 7.99. The summed E-state index contributed by atoms with van der Waals surface area (Å²) in [6.07, 6.45) is 2.22. The second-order valence-corrected chi connectivity index (χ2v) is 4.99. The second-order valence-electron chi connectivity index (χ2n) is 3.77. The summed E-state index contributed by atoms with van der Waals surface area (Å²) in [7, 11) is 0. The van der Waals surface area contributed by atoms with E-state index in [4.69, 9.17) is 5.11 Å². The van der Waals surface area contributed by atoms with Crippen LogP contribution in [-0.4, -0.2) is 46.6 Å². The minimum Gasteiger partial charge on any atom is -0.480 e. The highest BCUT2D eigenvalue weighted by Gasteiger charge is 2.40. The first kappa shape index (κ1) is 9.34. The Kier molecular flexibility index (Phi) is 2.79. The Hall–Kier alpha value is -0.220. The summed E-state index contributed by atoms with van der Waals surface area (Å²) < 4.78 is 0. The van der Waals surface area contributed by atoms with Crippen LogP contribution in [0.5, 0.6) is 0 Å². The lowest BCUT2D eigenvalue weighted by Gasteiger charge is -2.31. The van der Waals surface area contributed by atoms with Gasteiger partial charge in [-0.25, -0.2) is 0 Å². The van der Waals surface area contributed by atoms with Crippen molar-refractivity contribution in [3.05, 3.63) is 0 Å². The van der Waals surface area contributed by atoms with Crippen LogP contribution in [0.4, 0.5) is 0 Å². The Balaban J connectivity index is 1.96. The monoisotopic (exact) mass is 201 g/mol. The van der Waals surface area contributed by atoms with E-state index in [1.54, 1.807) is 0 Å². The van der Waals surface area contributed by atoms with Gasteiger partial charge < -0.3 is 5.11 Å². The number of hydrogen-bond acceptors (Lipinski definition) is 3. The molecule has 74 valence electrons. The topological polar surface area (TPSA) is 40.5 Å². The average molecular weight is 201 g/mol. The lowest BCUT2D eigenvalue weighted by molar-refractivity contribution is -0.144. The number of carbonyl (C=O) groups is 1. The van der Waals surface area contributed by atoms with E-state index in [2.05, 4.69) is 4.90 Å². The van der Waals surface area contributed by atoms with E-state index < -0.39 is 5.97 Å². The predicted molar refractivity (Wildman–Crippen MR) is 53.0 cm³/mol. The third-order valence-electron chi connectivity index (χ3n) is 2.76. The smallest absolute Gasteiger partial charge is 0.321 e. The molecule has 1 aliphatic carbocycles. The zero-order chi connectivity index (χ0) is 9.26.